The Morgan fingerprint density at radius 1 is 1.27 bits per heavy atom. The molecular formula is C21H30N2O2S. The molecule has 5 heteroatoms. The zero-order valence-electron chi connectivity index (χ0n) is 16.4. The fourth-order valence-electron chi connectivity index (χ4n) is 2.73. The Morgan fingerprint density at radius 3 is 2.69 bits per heavy atom. The number of aromatic nitrogens is 1. The quantitative estimate of drug-likeness (QED) is 0.704. The molecule has 0 unspecified atom stereocenters. The Morgan fingerprint density at radius 2 is 2.00 bits per heavy atom. The lowest BCUT2D eigenvalue weighted by atomic mass is 10.1. The number of fused-ring (bicyclic) bond motifs is 1. The van der Waals surface area contributed by atoms with Crippen LogP contribution in [0.3, 0.4) is 0 Å². The Balaban J connectivity index is 1.90. The van der Waals surface area contributed by atoms with Gasteiger partial charge in [0, 0.05) is 29.1 Å². The van der Waals surface area contributed by atoms with Gasteiger partial charge >= 0.3 is 6.09 Å². The zero-order chi connectivity index (χ0) is 19.2. The van der Waals surface area contributed by atoms with E-state index in [0.717, 1.165) is 28.8 Å². The van der Waals surface area contributed by atoms with Crippen molar-refractivity contribution >= 4 is 28.8 Å². The van der Waals surface area contributed by atoms with Gasteiger partial charge in [-0.15, -0.1) is 0 Å². The summed E-state index contributed by atoms with van der Waals surface area (Å²) < 4.78 is 5.39. The Bertz CT molecular complexity index is 725. The molecule has 0 fully saturated rings. The second-order valence-corrected chi connectivity index (χ2v) is 9.05. The van der Waals surface area contributed by atoms with Crippen molar-refractivity contribution in [2.45, 2.75) is 58.4 Å². The van der Waals surface area contributed by atoms with Gasteiger partial charge in [0.15, 0.2) is 0 Å². The van der Waals surface area contributed by atoms with E-state index in [9.17, 15) is 4.79 Å². The first-order valence-corrected chi connectivity index (χ1v) is 10.3. The van der Waals surface area contributed by atoms with E-state index in [-0.39, 0.29) is 12.1 Å². The van der Waals surface area contributed by atoms with Crippen LogP contribution >= 0.6 is 11.8 Å². The van der Waals surface area contributed by atoms with Crippen LogP contribution in [0.1, 0.15) is 46.6 Å². The average Bonchev–Trinajstić information content (AvgIpc) is 2.52. The molecule has 2 rings (SSSR count). The lowest BCUT2D eigenvalue weighted by molar-refractivity contribution is 0.0505. The van der Waals surface area contributed by atoms with Crippen LogP contribution in [0.4, 0.5) is 4.79 Å². The number of thioether (sulfide) groups is 1. The third kappa shape index (κ3) is 7.24. The third-order valence-electron chi connectivity index (χ3n) is 3.71. The van der Waals surface area contributed by atoms with Crippen LogP contribution in [0.5, 0.6) is 0 Å². The number of nitrogens with one attached hydrogen (secondary N) is 1. The first-order chi connectivity index (χ1) is 12.2. The van der Waals surface area contributed by atoms with Gasteiger partial charge < -0.3 is 10.1 Å². The molecular weight excluding hydrogens is 344 g/mol. The molecule has 1 aromatic heterocycles. The van der Waals surface area contributed by atoms with Crippen LogP contribution in [0.2, 0.25) is 0 Å². The zero-order valence-corrected chi connectivity index (χ0v) is 17.2. The number of amides is 1. The maximum absolute atomic E-state index is 12.1. The topological polar surface area (TPSA) is 51.2 Å². The van der Waals surface area contributed by atoms with Crippen LogP contribution in [-0.4, -0.2) is 28.5 Å². The predicted octanol–water partition coefficient (Wildman–Crippen LogP) is 5.41. The van der Waals surface area contributed by atoms with Gasteiger partial charge in [-0.3, -0.25) is 4.98 Å². The van der Waals surface area contributed by atoms with Crippen LogP contribution in [0.25, 0.3) is 10.9 Å². The summed E-state index contributed by atoms with van der Waals surface area (Å²) >= 11 is 1.81. The Kier molecular flexibility index (Phi) is 7.33. The number of hydrogen-bond acceptors (Lipinski definition) is 4. The van der Waals surface area contributed by atoms with E-state index in [1.165, 1.54) is 5.56 Å². The summed E-state index contributed by atoms with van der Waals surface area (Å²) in [6.07, 6.45) is 2.53. The number of benzene rings is 1. The number of carbonyl (C=O) groups is 1. The van der Waals surface area contributed by atoms with E-state index in [1.54, 1.807) is 0 Å². The molecule has 4 nitrogen and oxygen atoms in total. The van der Waals surface area contributed by atoms with Gasteiger partial charge in [-0.25, -0.2) is 4.79 Å². The minimum Gasteiger partial charge on any atom is -0.444 e. The van der Waals surface area contributed by atoms with E-state index in [2.05, 4.69) is 36.3 Å². The average molecular weight is 375 g/mol. The number of nitrogens with zero attached hydrogens (tertiary/aromatic N) is 1. The van der Waals surface area contributed by atoms with E-state index < -0.39 is 5.60 Å². The summed E-state index contributed by atoms with van der Waals surface area (Å²) in [5, 5.41) is 4.19. The molecule has 1 atom stereocenters. The highest BCUT2D eigenvalue weighted by molar-refractivity contribution is 7.98. The van der Waals surface area contributed by atoms with E-state index in [1.807, 2.05) is 56.9 Å². The fourth-order valence-corrected chi connectivity index (χ4v) is 3.74. The first-order valence-electron chi connectivity index (χ1n) is 9.14. The minimum atomic E-state index is -0.476. The van der Waals surface area contributed by atoms with Gasteiger partial charge in [0.1, 0.15) is 5.60 Å². The van der Waals surface area contributed by atoms with Crippen molar-refractivity contribution in [2.24, 2.45) is 5.92 Å². The van der Waals surface area contributed by atoms with Crippen molar-refractivity contribution in [3.05, 3.63) is 42.1 Å². The van der Waals surface area contributed by atoms with Gasteiger partial charge in [0.2, 0.25) is 0 Å². The van der Waals surface area contributed by atoms with Crippen LogP contribution in [0.15, 0.2) is 36.5 Å². The van der Waals surface area contributed by atoms with Gasteiger partial charge in [-0.1, -0.05) is 32.0 Å². The molecule has 1 aromatic carbocycles. The summed E-state index contributed by atoms with van der Waals surface area (Å²) in [7, 11) is 0. The largest absolute Gasteiger partial charge is 0.444 e. The van der Waals surface area contributed by atoms with Crippen molar-refractivity contribution in [2.75, 3.05) is 5.75 Å². The van der Waals surface area contributed by atoms with Crippen molar-refractivity contribution in [1.29, 1.82) is 0 Å². The van der Waals surface area contributed by atoms with Crippen molar-refractivity contribution < 1.29 is 9.53 Å². The highest BCUT2D eigenvalue weighted by Crippen LogP contribution is 2.19. The Labute approximate surface area is 161 Å². The maximum Gasteiger partial charge on any atom is 0.407 e. The molecule has 0 bridgehead atoms. The van der Waals surface area contributed by atoms with E-state index in [0.29, 0.717) is 5.92 Å². The number of ether oxygens (including phenoxy) is 1. The number of para-hydroxylation sites is 1. The summed E-state index contributed by atoms with van der Waals surface area (Å²) in [5.41, 5.74) is 1.75. The molecule has 1 amide bonds. The molecule has 2 aromatic rings. The van der Waals surface area contributed by atoms with Gasteiger partial charge in [0.05, 0.1) is 5.52 Å². The maximum atomic E-state index is 12.1. The van der Waals surface area contributed by atoms with Crippen LogP contribution < -0.4 is 5.32 Å². The molecule has 0 aliphatic heterocycles. The molecule has 0 aliphatic rings. The molecule has 0 saturated heterocycles. The summed E-state index contributed by atoms with van der Waals surface area (Å²) in [5.74, 6) is 2.24. The number of rotatable bonds is 7. The monoisotopic (exact) mass is 374 g/mol. The second-order valence-electron chi connectivity index (χ2n) is 8.02. The molecule has 0 aliphatic carbocycles. The summed E-state index contributed by atoms with van der Waals surface area (Å²) in [6, 6.07) is 10.4. The number of hydrogen-bond donors (Lipinski definition) is 1. The fraction of sp³-hybridized carbons (Fsp3) is 0.524. The Hall–Kier alpha value is -1.75. The normalized spacial score (nSPS) is 13.0. The van der Waals surface area contributed by atoms with Gasteiger partial charge in [-0.2, -0.15) is 11.8 Å². The first kappa shape index (κ1) is 20.6. The highest BCUT2D eigenvalue weighted by atomic mass is 32.2. The van der Waals surface area contributed by atoms with Crippen molar-refractivity contribution in [3.63, 3.8) is 0 Å². The van der Waals surface area contributed by atoms with E-state index in [4.69, 9.17) is 4.74 Å². The molecule has 0 spiro atoms. The van der Waals surface area contributed by atoms with Gasteiger partial charge in [-0.05, 0) is 50.8 Å². The summed E-state index contributed by atoms with van der Waals surface area (Å²) in [4.78, 5) is 16.6. The number of alkyl carbamates (subject to hydrolysis) is 1. The minimum absolute atomic E-state index is 0.100. The highest BCUT2D eigenvalue weighted by Gasteiger charge is 2.20. The van der Waals surface area contributed by atoms with Crippen LogP contribution in [-0.2, 0) is 10.5 Å². The van der Waals surface area contributed by atoms with Crippen molar-refractivity contribution in [1.82, 2.24) is 10.3 Å². The molecule has 26 heavy (non-hydrogen) atoms. The standard InChI is InChI=1S/C21H30N2O2S/c1-15(2)10-18(23-20(24)25-21(3,4)5)14-26-13-16-11-17-8-6-7-9-19(17)22-12-16/h6-9,11-12,15,18H,10,13-14H2,1-5H3,(H,23,24)/t18-/m0/s1. The number of carbonyl (C=O) groups excluding carboxylic acids is 1. The van der Waals surface area contributed by atoms with E-state index >= 15 is 0 Å². The number of pyridine rings is 1. The third-order valence-corrected chi connectivity index (χ3v) is 4.89. The molecule has 1 N–H and O–H groups in total. The molecule has 0 radical (unpaired) electrons. The predicted molar refractivity (Wildman–Crippen MR) is 111 cm³/mol. The summed E-state index contributed by atoms with van der Waals surface area (Å²) in [6.45, 7) is 9.98. The lowest BCUT2D eigenvalue weighted by Crippen LogP contribution is -2.41. The van der Waals surface area contributed by atoms with Crippen molar-refractivity contribution in [3.8, 4) is 0 Å². The SMILES string of the molecule is CC(C)C[C@@H](CSCc1cnc2ccccc2c1)NC(=O)OC(C)(C)C. The molecule has 142 valence electrons. The molecule has 0 saturated carbocycles. The smallest absolute Gasteiger partial charge is 0.407 e. The van der Waals surface area contributed by atoms with Crippen LogP contribution in [0, 0.1) is 5.92 Å². The van der Waals surface area contributed by atoms with Gasteiger partial charge in [0.25, 0.3) is 0 Å². The molecule has 1 heterocycles. The second kappa shape index (κ2) is 9.26. The lowest BCUT2D eigenvalue weighted by Gasteiger charge is -2.24.